The maximum absolute atomic E-state index is 4.57. The molecule has 1 heterocycles. The molecule has 1 aromatic heterocycles. The molecule has 0 aliphatic rings. The van der Waals surface area contributed by atoms with Gasteiger partial charge in [0, 0.05) is 38.1 Å². The Morgan fingerprint density at radius 1 is 1.04 bits per heavy atom. The molecule has 0 spiro atoms. The number of anilines is 1. The molecule has 24 heavy (non-hydrogen) atoms. The fraction of sp³-hybridized carbons (Fsp3) is 0.200. The van der Waals surface area contributed by atoms with E-state index in [9.17, 15) is 0 Å². The molecule has 0 saturated heterocycles. The summed E-state index contributed by atoms with van der Waals surface area (Å²) in [6, 6.07) is 18.7. The third-order valence-electron chi connectivity index (χ3n) is 4.08. The van der Waals surface area contributed by atoms with Gasteiger partial charge in [0.1, 0.15) is 5.82 Å². The van der Waals surface area contributed by atoms with Gasteiger partial charge in [0.25, 0.3) is 0 Å². The lowest BCUT2D eigenvalue weighted by Gasteiger charge is -2.12. The molecular weight excluding hydrogens is 296 g/mol. The summed E-state index contributed by atoms with van der Waals surface area (Å²) in [7, 11) is 4.07. The summed E-state index contributed by atoms with van der Waals surface area (Å²) in [5.74, 6) is 1.12. The lowest BCUT2D eigenvalue weighted by Crippen LogP contribution is -2.08. The summed E-state index contributed by atoms with van der Waals surface area (Å²) in [6.07, 6.45) is 5.54. The summed E-state index contributed by atoms with van der Waals surface area (Å²) < 4.78 is 1.84. The van der Waals surface area contributed by atoms with E-state index in [1.54, 1.807) is 6.20 Å². The maximum Gasteiger partial charge on any atom is 0.137 e. The summed E-state index contributed by atoms with van der Waals surface area (Å²) in [5.41, 5.74) is 3.47. The Balaban J connectivity index is 1.80. The maximum atomic E-state index is 4.57. The molecule has 0 aliphatic carbocycles. The molecular formula is C20H22N4. The van der Waals surface area contributed by atoms with Crippen molar-refractivity contribution in [2.24, 2.45) is 5.10 Å². The van der Waals surface area contributed by atoms with E-state index in [-0.39, 0.29) is 5.92 Å². The van der Waals surface area contributed by atoms with Crippen molar-refractivity contribution in [2.75, 3.05) is 19.0 Å². The number of benzene rings is 2. The Labute approximate surface area is 143 Å². The number of nitrogens with zero attached hydrogens (tertiary/aromatic N) is 4. The van der Waals surface area contributed by atoms with Crippen LogP contribution in [0.4, 0.5) is 5.69 Å². The van der Waals surface area contributed by atoms with E-state index in [0.29, 0.717) is 0 Å². The van der Waals surface area contributed by atoms with Gasteiger partial charge in [-0.15, -0.1) is 0 Å². The summed E-state index contributed by atoms with van der Waals surface area (Å²) in [4.78, 5) is 6.56. The van der Waals surface area contributed by atoms with E-state index in [0.717, 1.165) is 11.4 Å². The van der Waals surface area contributed by atoms with E-state index in [1.165, 1.54) is 11.3 Å². The van der Waals surface area contributed by atoms with Gasteiger partial charge in [0.15, 0.2) is 0 Å². The van der Waals surface area contributed by atoms with E-state index in [1.807, 2.05) is 37.2 Å². The molecule has 122 valence electrons. The second-order valence-corrected chi connectivity index (χ2v) is 5.99. The van der Waals surface area contributed by atoms with Crippen molar-refractivity contribution in [1.82, 2.24) is 9.66 Å². The second kappa shape index (κ2) is 7.13. The highest BCUT2D eigenvalue weighted by molar-refractivity contribution is 5.80. The predicted molar refractivity (Wildman–Crippen MR) is 99.9 cm³/mol. The Bertz CT molecular complexity index is 801. The van der Waals surface area contributed by atoms with Crippen LogP contribution in [-0.4, -0.2) is 30.0 Å². The van der Waals surface area contributed by atoms with Crippen molar-refractivity contribution < 1.29 is 0 Å². The predicted octanol–water partition coefficient (Wildman–Crippen LogP) is 3.98. The molecule has 2 aromatic carbocycles. The molecule has 0 aliphatic heterocycles. The summed E-state index contributed by atoms with van der Waals surface area (Å²) in [6.45, 7) is 2.15. The third kappa shape index (κ3) is 3.54. The van der Waals surface area contributed by atoms with E-state index in [2.05, 4.69) is 70.4 Å². The lowest BCUT2D eigenvalue weighted by atomic mass is 10.0. The molecule has 0 saturated carbocycles. The summed E-state index contributed by atoms with van der Waals surface area (Å²) >= 11 is 0. The van der Waals surface area contributed by atoms with Gasteiger partial charge in [-0.05, 0) is 23.3 Å². The van der Waals surface area contributed by atoms with Crippen LogP contribution in [0.1, 0.15) is 29.8 Å². The quantitative estimate of drug-likeness (QED) is 0.667. The monoisotopic (exact) mass is 318 g/mol. The van der Waals surface area contributed by atoms with Crippen LogP contribution >= 0.6 is 0 Å². The normalized spacial score (nSPS) is 12.5. The minimum Gasteiger partial charge on any atom is -0.378 e. The molecule has 0 bridgehead atoms. The van der Waals surface area contributed by atoms with Crippen LogP contribution in [0.25, 0.3) is 0 Å². The topological polar surface area (TPSA) is 33.4 Å². The minimum atomic E-state index is 0.189. The average molecular weight is 318 g/mol. The Kier molecular flexibility index (Phi) is 4.75. The molecule has 0 N–H and O–H groups in total. The molecule has 1 atom stereocenters. The average Bonchev–Trinajstić information content (AvgIpc) is 3.09. The van der Waals surface area contributed by atoms with Crippen molar-refractivity contribution in [3.63, 3.8) is 0 Å². The largest absolute Gasteiger partial charge is 0.378 e. The number of hydrogen-bond acceptors (Lipinski definition) is 3. The first-order chi connectivity index (χ1) is 11.6. The zero-order valence-corrected chi connectivity index (χ0v) is 14.3. The first kappa shape index (κ1) is 16.0. The van der Waals surface area contributed by atoms with Gasteiger partial charge in [0.2, 0.25) is 0 Å². The molecule has 0 fully saturated rings. The van der Waals surface area contributed by atoms with Crippen LogP contribution in [-0.2, 0) is 0 Å². The fourth-order valence-electron chi connectivity index (χ4n) is 2.59. The van der Waals surface area contributed by atoms with Crippen molar-refractivity contribution >= 4 is 11.9 Å². The number of aromatic nitrogens is 2. The van der Waals surface area contributed by atoms with Gasteiger partial charge >= 0.3 is 0 Å². The van der Waals surface area contributed by atoms with Crippen molar-refractivity contribution in [2.45, 2.75) is 12.8 Å². The summed E-state index contributed by atoms with van der Waals surface area (Å²) in [5, 5.41) is 4.57. The lowest BCUT2D eigenvalue weighted by molar-refractivity contribution is 0.727. The Morgan fingerprint density at radius 3 is 2.42 bits per heavy atom. The van der Waals surface area contributed by atoms with Gasteiger partial charge in [-0.3, -0.25) is 0 Å². The standard InChI is InChI=1S/C20H22N4/c1-16(18-7-5-4-6-8-18)20-21-13-14-24(20)22-15-17-9-11-19(12-10-17)23(2)3/h4-16H,1-3H3. The van der Waals surface area contributed by atoms with E-state index >= 15 is 0 Å². The molecule has 3 aromatic rings. The smallest absolute Gasteiger partial charge is 0.137 e. The highest BCUT2D eigenvalue weighted by Gasteiger charge is 2.13. The second-order valence-electron chi connectivity index (χ2n) is 5.99. The van der Waals surface area contributed by atoms with Crippen LogP contribution in [0.2, 0.25) is 0 Å². The first-order valence-electron chi connectivity index (χ1n) is 8.05. The number of rotatable bonds is 5. The third-order valence-corrected chi connectivity index (χ3v) is 4.08. The van der Waals surface area contributed by atoms with Gasteiger partial charge in [-0.2, -0.15) is 5.10 Å². The van der Waals surface area contributed by atoms with Crippen LogP contribution in [0.3, 0.4) is 0 Å². The van der Waals surface area contributed by atoms with Crippen molar-refractivity contribution in [3.05, 3.63) is 83.9 Å². The molecule has 4 heteroatoms. The first-order valence-corrected chi connectivity index (χ1v) is 8.05. The van der Waals surface area contributed by atoms with Crippen molar-refractivity contribution in [1.29, 1.82) is 0 Å². The zero-order chi connectivity index (χ0) is 16.9. The Morgan fingerprint density at radius 2 is 1.75 bits per heavy atom. The van der Waals surface area contributed by atoms with Crippen LogP contribution in [0.15, 0.2) is 72.1 Å². The fourth-order valence-corrected chi connectivity index (χ4v) is 2.59. The minimum absolute atomic E-state index is 0.189. The van der Waals surface area contributed by atoms with E-state index in [4.69, 9.17) is 0 Å². The van der Waals surface area contributed by atoms with Crippen LogP contribution in [0, 0.1) is 0 Å². The van der Waals surface area contributed by atoms with Gasteiger partial charge < -0.3 is 4.90 Å². The molecule has 0 radical (unpaired) electrons. The molecule has 4 nitrogen and oxygen atoms in total. The molecule has 0 amide bonds. The highest BCUT2D eigenvalue weighted by Crippen LogP contribution is 2.22. The molecule has 3 rings (SSSR count). The van der Waals surface area contributed by atoms with E-state index < -0.39 is 0 Å². The zero-order valence-electron chi connectivity index (χ0n) is 14.3. The van der Waals surface area contributed by atoms with Gasteiger partial charge in [0.05, 0.1) is 6.21 Å². The van der Waals surface area contributed by atoms with Gasteiger partial charge in [-0.1, -0.05) is 49.4 Å². The number of hydrogen-bond donors (Lipinski definition) is 0. The number of imidazole rings is 1. The van der Waals surface area contributed by atoms with Gasteiger partial charge in [-0.25, -0.2) is 9.66 Å². The molecule has 1 unspecified atom stereocenters. The van der Waals surface area contributed by atoms with Crippen molar-refractivity contribution in [3.8, 4) is 0 Å². The Hall–Kier alpha value is -2.88. The highest BCUT2D eigenvalue weighted by atomic mass is 15.4. The SMILES string of the molecule is CC(c1ccccc1)c1nccn1N=Cc1ccc(N(C)C)cc1. The van der Waals surface area contributed by atoms with Crippen LogP contribution < -0.4 is 4.90 Å². The van der Waals surface area contributed by atoms with Crippen LogP contribution in [0.5, 0.6) is 0 Å².